The first kappa shape index (κ1) is 14.8. The number of carboxylic acids is 1. The summed E-state index contributed by atoms with van der Waals surface area (Å²) in [7, 11) is 0. The van der Waals surface area contributed by atoms with E-state index >= 15 is 0 Å². The van der Waals surface area contributed by atoms with Gasteiger partial charge in [0.15, 0.2) is 0 Å². The molecule has 8 nitrogen and oxygen atoms in total. The van der Waals surface area contributed by atoms with Gasteiger partial charge in [0.2, 0.25) is 11.8 Å². The predicted molar refractivity (Wildman–Crippen MR) is 73.1 cm³/mol. The van der Waals surface area contributed by atoms with Crippen molar-refractivity contribution < 1.29 is 19.5 Å². The first-order valence-corrected chi connectivity index (χ1v) is 6.46. The molecule has 1 aromatic heterocycles. The number of anilines is 1. The fourth-order valence-electron chi connectivity index (χ4n) is 2.18. The maximum Gasteiger partial charge on any atom is 0.305 e. The number of nitrogens with two attached hydrogens (primary N) is 1. The summed E-state index contributed by atoms with van der Waals surface area (Å²) in [6, 6.07) is 2.29. The maximum atomic E-state index is 12.3. The van der Waals surface area contributed by atoms with E-state index in [0.717, 1.165) is 0 Å². The number of amides is 2. The molecule has 1 aliphatic rings. The number of aromatic nitrogens is 1. The molecule has 0 saturated carbocycles. The molecule has 1 unspecified atom stereocenters. The van der Waals surface area contributed by atoms with E-state index in [-0.39, 0.29) is 18.9 Å². The predicted octanol–water partition coefficient (Wildman–Crippen LogP) is -0.992. The van der Waals surface area contributed by atoms with E-state index in [1.54, 1.807) is 12.1 Å². The molecule has 21 heavy (non-hydrogen) atoms. The van der Waals surface area contributed by atoms with Crippen molar-refractivity contribution in [2.45, 2.75) is 18.9 Å². The Bertz CT molecular complexity index is 558. The average molecular weight is 292 g/mol. The quantitative estimate of drug-likeness (QED) is 0.654. The zero-order valence-electron chi connectivity index (χ0n) is 11.3. The van der Waals surface area contributed by atoms with Crippen molar-refractivity contribution in [3.63, 3.8) is 0 Å². The second kappa shape index (κ2) is 6.21. The molecule has 2 rings (SSSR count). The number of nitrogens with zero attached hydrogens (tertiary/aromatic N) is 2. The van der Waals surface area contributed by atoms with Crippen LogP contribution in [0.5, 0.6) is 0 Å². The Labute approximate surface area is 120 Å². The van der Waals surface area contributed by atoms with Gasteiger partial charge in [-0.3, -0.25) is 19.4 Å². The zero-order chi connectivity index (χ0) is 15.4. The number of piperazine rings is 1. The summed E-state index contributed by atoms with van der Waals surface area (Å²) in [5.74, 6) is -1.89. The van der Waals surface area contributed by atoms with E-state index < -0.39 is 24.3 Å². The van der Waals surface area contributed by atoms with Crippen LogP contribution in [0.25, 0.3) is 0 Å². The number of carboxylic acid groups (broad SMARTS) is 1. The lowest BCUT2D eigenvalue weighted by Gasteiger charge is -2.34. The van der Waals surface area contributed by atoms with Gasteiger partial charge in [-0.05, 0) is 12.1 Å². The lowest BCUT2D eigenvalue weighted by molar-refractivity contribution is -0.148. The van der Waals surface area contributed by atoms with Gasteiger partial charge in [-0.2, -0.15) is 0 Å². The molecule has 2 amide bonds. The van der Waals surface area contributed by atoms with Crippen molar-refractivity contribution in [3.8, 4) is 0 Å². The number of hydrogen-bond donors (Lipinski definition) is 3. The summed E-state index contributed by atoms with van der Waals surface area (Å²) in [5, 5.41) is 11.4. The summed E-state index contributed by atoms with van der Waals surface area (Å²) in [5.41, 5.74) is 6.53. The molecule has 0 spiro atoms. The third kappa shape index (κ3) is 3.68. The van der Waals surface area contributed by atoms with Crippen molar-refractivity contribution in [1.29, 1.82) is 0 Å². The van der Waals surface area contributed by atoms with Crippen LogP contribution in [0.3, 0.4) is 0 Å². The van der Waals surface area contributed by atoms with Crippen LogP contribution < -0.4 is 11.1 Å². The van der Waals surface area contributed by atoms with Gasteiger partial charge in [0.1, 0.15) is 6.04 Å². The van der Waals surface area contributed by atoms with Crippen LogP contribution in [-0.4, -0.2) is 51.9 Å². The van der Waals surface area contributed by atoms with Crippen LogP contribution in [0.15, 0.2) is 18.3 Å². The highest BCUT2D eigenvalue weighted by atomic mass is 16.4. The Balaban J connectivity index is 2.09. The van der Waals surface area contributed by atoms with Gasteiger partial charge < -0.3 is 21.1 Å². The minimum atomic E-state index is -1.12. The normalized spacial score (nSPS) is 18.2. The summed E-state index contributed by atoms with van der Waals surface area (Å²) in [6.07, 6.45) is 1.04. The number of hydrogen-bond acceptors (Lipinski definition) is 5. The van der Waals surface area contributed by atoms with Crippen molar-refractivity contribution in [3.05, 3.63) is 24.0 Å². The van der Waals surface area contributed by atoms with Gasteiger partial charge in [-0.15, -0.1) is 0 Å². The molecule has 0 aromatic carbocycles. The van der Waals surface area contributed by atoms with Gasteiger partial charge in [0.25, 0.3) is 0 Å². The SMILES string of the molecule is Nc1ccc(CC(=O)N2CCNC(=O)C2CC(=O)O)nc1. The number of aliphatic carboxylic acids is 1. The number of nitrogens with one attached hydrogen (secondary N) is 1. The lowest BCUT2D eigenvalue weighted by atomic mass is 10.1. The van der Waals surface area contributed by atoms with Gasteiger partial charge in [-0.1, -0.05) is 0 Å². The van der Waals surface area contributed by atoms with Gasteiger partial charge in [0, 0.05) is 18.8 Å². The molecule has 1 saturated heterocycles. The van der Waals surface area contributed by atoms with E-state index in [2.05, 4.69) is 10.3 Å². The van der Waals surface area contributed by atoms with E-state index in [1.165, 1.54) is 11.1 Å². The van der Waals surface area contributed by atoms with Crippen LogP contribution in [0.4, 0.5) is 5.69 Å². The van der Waals surface area contributed by atoms with Crippen molar-refractivity contribution in [1.82, 2.24) is 15.2 Å². The largest absolute Gasteiger partial charge is 0.481 e. The highest BCUT2D eigenvalue weighted by molar-refractivity contribution is 5.92. The van der Waals surface area contributed by atoms with Crippen molar-refractivity contribution in [2.75, 3.05) is 18.8 Å². The monoisotopic (exact) mass is 292 g/mol. The summed E-state index contributed by atoms with van der Waals surface area (Å²) < 4.78 is 0. The molecule has 1 aliphatic heterocycles. The Morgan fingerprint density at radius 3 is 2.86 bits per heavy atom. The van der Waals surface area contributed by atoms with E-state index in [0.29, 0.717) is 17.9 Å². The molecule has 112 valence electrons. The fourth-order valence-corrected chi connectivity index (χ4v) is 2.18. The smallest absolute Gasteiger partial charge is 0.305 e. The zero-order valence-corrected chi connectivity index (χ0v) is 11.3. The van der Waals surface area contributed by atoms with Crippen LogP contribution in [0, 0.1) is 0 Å². The third-order valence-electron chi connectivity index (χ3n) is 3.20. The fraction of sp³-hybridized carbons (Fsp3) is 0.385. The Morgan fingerprint density at radius 2 is 2.24 bits per heavy atom. The molecular weight excluding hydrogens is 276 g/mol. The molecule has 1 fully saturated rings. The third-order valence-corrected chi connectivity index (χ3v) is 3.20. The topological polar surface area (TPSA) is 126 Å². The number of carbonyl (C=O) groups excluding carboxylic acids is 2. The first-order chi connectivity index (χ1) is 9.97. The molecule has 1 atom stereocenters. The standard InChI is InChI=1S/C13H16N4O4/c14-8-1-2-9(16-7-8)5-11(18)17-4-3-15-13(21)10(17)6-12(19)20/h1-2,7,10H,3-6,14H2,(H,15,21)(H,19,20). The van der Waals surface area contributed by atoms with Crippen LogP contribution in [-0.2, 0) is 20.8 Å². The number of pyridine rings is 1. The average Bonchev–Trinajstić information content (AvgIpc) is 2.43. The molecule has 0 bridgehead atoms. The van der Waals surface area contributed by atoms with E-state index in [1.807, 2.05) is 0 Å². The van der Waals surface area contributed by atoms with Crippen LogP contribution >= 0.6 is 0 Å². The summed E-state index contributed by atoms with van der Waals surface area (Å²) >= 11 is 0. The van der Waals surface area contributed by atoms with Gasteiger partial charge >= 0.3 is 5.97 Å². The van der Waals surface area contributed by atoms with Gasteiger partial charge in [-0.25, -0.2) is 0 Å². The minimum Gasteiger partial charge on any atom is -0.481 e. The highest BCUT2D eigenvalue weighted by Gasteiger charge is 2.34. The summed E-state index contributed by atoms with van der Waals surface area (Å²) in [4.78, 5) is 40.2. The second-order valence-corrected chi connectivity index (χ2v) is 4.75. The Kier molecular flexibility index (Phi) is 4.36. The second-order valence-electron chi connectivity index (χ2n) is 4.75. The Hall–Kier alpha value is -2.64. The summed E-state index contributed by atoms with van der Waals surface area (Å²) in [6.45, 7) is 0.605. The molecule has 8 heteroatoms. The van der Waals surface area contributed by atoms with E-state index in [4.69, 9.17) is 10.8 Å². The maximum absolute atomic E-state index is 12.3. The number of carbonyl (C=O) groups is 3. The molecule has 0 aliphatic carbocycles. The molecule has 0 radical (unpaired) electrons. The Morgan fingerprint density at radius 1 is 1.48 bits per heavy atom. The van der Waals surface area contributed by atoms with Crippen molar-refractivity contribution in [2.24, 2.45) is 0 Å². The van der Waals surface area contributed by atoms with Crippen molar-refractivity contribution >= 4 is 23.5 Å². The van der Waals surface area contributed by atoms with Gasteiger partial charge in [0.05, 0.1) is 24.7 Å². The molecular formula is C13H16N4O4. The lowest BCUT2D eigenvalue weighted by Crippen LogP contribution is -2.58. The minimum absolute atomic E-state index is 0.00365. The van der Waals surface area contributed by atoms with Crippen LogP contribution in [0.1, 0.15) is 12.1 Å². The molecule has 4 N–H and O–H groups in total. The number of nitrogen functional groups attached to an aromatic ring is 1. The highest BCUT2D eigenvalue weighted by Crippen LogP contribution is 2.12. The van der Waals surface area contributed by atoms with Crippen LogP contribution in [0.2, 0.25) is 0 Å². The first-order valence-electron chi connectivity index (χ1n) is 6.46. The molecule has 2 heterocycles. The molecule has 1 aromatic rings. The number of rotatable bonds is 4. The van der Waals surface area contributed by atoms with E-state index in [9.17, 15) is 14.4 Å².